The third-order valence-electron chi connectivity index (χ3n) is 15.1. The third kappa shape index (κ3) is 5.58. The average Bonchev–Trinajstić information content (AvgIpc) is 3.97. The lowest BCUT2D eigenvalue weighted by molar-refractivity contribution is 0.626. The Morgan fingerprint density at radius 3 is 1.68 bits per heavy atom. The number of hydrogen-bond acceptors (Lipinski definition) is 1. The summed E-state index contributed by atoms with van der Waals surface area (Å²) in [6, 6.07) is 84.1. The Morgan fingerprint density at radius 2 is 0.892 bits per heavy atom. The van der Waals surface area contributed by atoms with Crippen molar-refractivity contribution in [3.05, 3.63) is 258 Å². The van der Waals surface area contributed by atoms with Crippen molar-refractivity contribution < 1.29 is 0 Å². The molecule has 10 aromatic rings. The Labute approximate surface area is 382 Å². The van der Waals surface area contributed by atoms with Crippen LogP contribution in [0.5, 0.6) is 0 Å². The van der Waals surface area contributed by atoms with Gasteiger partial charge in [0.2, 0.25) is 0 Å². The van der Waals surface area contributed by atoms with Gasteiger partial charge in [0.25, 0.3) is 0 Å². The fourth-order valence-corrected chi connectivity index (χ4v) is 12.2. The number of anilines is 3. The van der Waals surface area contributed by atoms with Gasteiger partial charge in [-0.1, -0.05) is 202 Å². The quantitative estimate of drug-likeness (QED) is 0.161. The second kappa shape index (κ2) is 14.4. The topological polar surface area (TPSA) is 3.24 Å². The maximum atomic E-state index is 2.52. The van der Waals surface area contributed by atoms with Crippen molar-refractivity contribution in [1.29, 1.82) is 0 Å². The molecule has 1 atom stereocenters. The van der Waals surface area contributed by atoms with Crippen LogP contribution in [0.3, 0.4) is 0 Å². The monoisotopic (exact) mass is 829 g/mol. The van der Waals surface area contributed by atoms with Crippen LogP contribution in [0.15, 0.2) is 224 Å². The van der Waals surface area contributed by atoms with Crippen LogP contribution in [-0.2, 0) is 17.3 Å². The van der Waals surface area contributed by atoms with Gasteiger partial charge >= 0.3 is 0 Å². The summed E-state index contributed by atoms with van der Waals surface area (Å²) < 4.78 is 0. The van der Waals surface area contributed by atoms with E-state index in [9.17, 15) is 0 Å². The first-order valence-corrected chi connectivity index (χ1v) is 23.1. The highest BCUT2D eigenvalue weighted by atomic mass is 15.1. The molecule has 0 saturated heterocycles. The highest BCUT2D eigenvalue weighted by molar-refractivity contribution is 6.06. The molecule has 308 valence electrons. The molecule has 13 rings (SSSR count). The predicted octanol–water partition coefficient (Wildman–Crippen LogP) is 16.9. The van der Waals surface area contributed by atoms with Crippen LogP contribution in [0.1, 0.15) is 53.6 Å². The molecule has 0 N–H and O–H groups in total. The zero-order chi connectivity index (χ0) is 43.3. The van der Waals surface area contributed by atoms with E-state index in [1.165, 1.54) is 99.8 Å². The Balaban J connectivity index is 0.994. The Morgan fingerprint density at radius 1 is 0.354 bits per heavy atom. The lowest BCUT2D eigenvalue weighted by atomic mass is 9.73. The van der Waals surface area contributed by atoms with Crippen LogP contribution in [0.25, 0.3) is 66.4 Å². The Bertz CT molecular complexity index is 3520. The fourth-order valence-electron chi connectivity index (χ4n) is 12.2. The first-order chi connectivity index (χ1) is 32.0. The zero-order valence-electron chi connectivity index (χ0n) is 36.7. The Hall–Kier alpha value is -7.74. The SMILES string of the molecule is CC1(C)c2ccccc2-c2cccc(-c3cccc(N(c4ccc(-c5cccc6cccc(-c7ccccc7)c56)cc4)c4ccc5c(c4)C4(CCc6ccccc64)c4ccccc4-5)c3)c21. The van der Waals surface area contributed by atoms with E-state index in [1.807, 2.05) is 0 Å². The molecule has 0 bridgehead atoms. The maximum Gasteiger partial charge on any atom is 0.0470 e. The highest BCUT2D eigenvalue weighted by Gasteiger charge is 2.48. The smallest absolute Gasteiger partial charge is 0.0470 e. The number of rotatable bonds is 6. The van der Waals surface area contributed by atoms with Gasteiger partial charge in [-0.25, -0.2) is 0 Å². The molecule has 10 aromatic carbocycles. The molecule has 0 aliphatic heterocycles. The van der Waals surface area contributed by atoms with Crippen molar-refractivity contribution in [2.75, 3.05) is 4.90 Å². The average molecular weight is 830 g/mol. The number of benzene rings is 10. The van der Waals surface area contributed by atoms with Crippen LogP contribution in [-0.4, -0.2) is 0 Å². The van der Waals surface area contributed by atoms with Crippen molar-refractivity contribution in [2.24, 2.45) is 0 Å². The van der Waals surface area contributed by atoms with E-state index in [0.29, 0.717) is 0 Å². The standard InChI is InChI=1S/C64H47N/c1-63(2)58-30-10-7-24-54(58)56-28-15-27-52(62(56)63)46-21-12-22-48(40-46)65(47-34-32-43(33-35-47)51-26-14-20-45-19-13-25-50(61(45)51)42-16-4-3-5-17-42)49-36-37-55-53-23-8-11-31-59(53)64(60(55)41-49)39-38-44-18-6-9-29-57(44)64/h3-37,40-41H,38-39H2,1-2H3. The normalized spacial score (nSPS) is 15.9. The maximum absolute atomic E-state index is 2.52. The first kappa shape index (κ1) is 37.8. The van der Waals surface area contributed by atoms with Crippen LogP contribution in [0.4, 0.5) is 17.1 Å². The minimum absolute atomic E-state index is 0.128. The second-order valence-corrected chi connectivity index (χ2v) is 18.7. The van der Waals surface area contributed by atoms with Gasteiger partial charge in [0.15, 0.2) is 0 Å². The van der Waals surface area contributed by atoms with Gasteiger partial charge in [-0.2, -0.15) is 0 Å². The minimum Gasteiger partial charge on any atom is -0.310 e. The summed E-state index contributed by atoms with van der Waals surface area (Å²) in [5.74, 6) is 0. The lowest BCUT2D eigenvalue weighted by Gasteiger charge is -2.31. The molecule has 1 heteroatoms. The fraction of sp³-hybridized carbons (Fsp3) is 0.0938. The molecular formula is C64H47N. The molecular weight excluding hydrogens is 783 g/mol. The Kier molecular flexibility index (Phi) is 8.37. The van der Waals surface area contributed by atoms with Gasteiger partial charge in [0, 0.05) is 27.9 Å². The molecule has 1 nitrogen and oxygen atoms in total. The number of hydrogen-bond donors (Lipinski definition) is 0. The summed E-state index contributed by atoms with van der Waals surface area (Å²) in [6.07, 6.45) is 2.14. The van der Waals surface area contributed by atoms with Crippen LogP contribution < -0.4 is 4.90 Å². The summed E-state index contributed by atoms with van der Waals surface area (Å²) >= 11 is 0. The van der Waals surface area contributed by atoms with Crippen LogP contribution in [0.2, 0.25) is 0 Å². The second-order valence-electron chi connectivity index (χ2n) is 18.7. The van der Waals surface area contributed by atoms with Crippen LogP contribution >= 0.6 is 0 Å². The van der Waals surface area contributed by atoms with Gasteiger partial charge < -0.3 is 4.90 Å². The van der Waals surface area contributed by atoms with E-state index in [1.54, 1.807) is 0 Å². The van der Waals surface area contributed by atoms with Gasteiger partial charge in [-0.15, -0.1) is 0 Å². The van der Waals surface area contributed by atoms with E-state index >= 15 is 0 Å². The lowest BCUT2D eigenvalue weighted by Crippen LogP contribution is -2.24. The van der Waals surface area contributed by atoms with Crippen LogP contribution in [0, 0.1) is 0 Å². The first-order valence-electron chi connectivity index (χ1n) is 23.1. The van der Waals surface area contributed by atoms with E-state index in [-0.39, 0.29) is 10.8 Å². The summed E-state index contributed by atoms with van der Waals surface area (Å²) in [7, 11) is 0. The van der Waals surface area contributed by atoms with E-state index in [0.717, 1.165) is 29.9 Å². The molecule has 0 radical (unpaired) electrons. The van der Waals surface area contributed by atoms with E-state index in [4.69, 9.17) is 0 Å². The van der Waals surface area contributed by atoms with E-state index in [2.05, 4.69) is 243 Å². The molecule has 3 aliphatic carbocycles. The molecule has 0 saturated carbocycles. The summed E-state index contributed by atoms with van der Waals surface area (Å²) in [5, 5.41) is 2.52. The molecule has 0 fully saturated rings. The molecule has 65 heavy (non-hydrogen) atoms. The van der Waals surface area contributed by atoms with E-state index < -0.39 is 0 Å². The molecule has 0 aromatic heterocycles. The highest BCUT2D eigenvalue weighted by Crippen LogP contribution is 2.59. The van der Waals surface area contributed by atoms with Crippen molar-refractivity contribution in [3.8, 4) is 55.6 Å². The van der Waals surface area contributed by atoms with Gasteiger partial charge in [-0.3, -0.25) is 0 Å². The summed E-state index contributed by atoms with van der Waals surface area (Å²) in [4.78, 5) is 2.49. The molecule has 3 aliphatic rings. The van der Waals surface area contributed by atoms with Crippen molar-refractivity contribution in [2.45, 2.75) is 37.5 Å². The molecule has 0 amide bonds. The number of fused-ring (bicyclic) bond motifs is 11. The van der Waals surface area contributed by atoms with Crippen molar-refractivity contribution in [1.82, 2.24) is 0 Å². The van der Waals surface area contributed by atoms with Crippen molar-refractivity contribution >= 4 is 27.8 Å². The zero-order valence-corrected chi connectivity index (χ0v) is 36.7. The molecule has 1 spiro atoms. The number of aryl methyl sites for hydroxylation is 1. The summed E-state index contributed by atoms with van der Waals surface area (Å²) in [6.45, 7) is 4.77. The van der Waals surface area contributed by atoms with Gasteiger partial charge in [0.1, 0.15) is 0 Å². The molecule has 0 heterocycles. The van der Waals surface area contributed by atoms with Crippen molar-refractivity contribution in [3.63, 3.8) is 0 Å². The third-order valence-corrected chi connectivity index (χ3v) is 15.1. The van der Waals surface area contributed by atoms with Gasteiger partial charge in [-0.05, 0) is 149 Å². The summed E-state index contributed by atoms with van der Waals surface area (Å²) in [5.41, 5.74) is 24.5. The number of nitrogens with zero attached hydrogens (tertiary/aromatic N) is 1. The predicted molar refractivity (Wildman–Crippen MR) is 273 cm³/mol. The minimum atomic E-state index is -0.189. The largest absolute Gasteiger partial charge is 0.310 e. The molecule has 1 unspecified atom stereocenters. The van der Waals surface area contributed by atoms with Gasteiger partial charge in [0.05, 0.1) is 0 Å².